The van der Waals surface area contributed by atoms with Gasteiger partial charge in [0.05, 0.1) is 12.6 Å². The molecule has 1 heterocycles. The van der Waals surface area contributed by atoms with E-state index in [1.165, 1.54) is 6.07 Å². The molecule has 0 bridgehead atoms. The Hall–Kier alpha value is -0.890. The van der Waals surface area contributed by atoms with Crippen molar-refractivity contribution in [2.24, 2.45) is 0 Å². The summed E-state index contributed by atoms with van der Waals surface area (Å²) in [5.41, 5.74) is -0.0644. The monoisotopic (exact) mass is 318 g/mol. The first-order valence-corrected chi connectivity index (χ1v) is 8.60. The van der Waals surface area contributed by atoms with Crippen molar-refractivity contribution in [3.8, 4) is 0 Å². The normalized spacial score (nSPS) is 14.3. The molecular formula is C14H26N2O4S. The van der Waals surface area contributed by atoms with Gasteiger partial charge in [-0.3, -0.25) is 0 Å². The van der Waals surface area contributed by atoms with E-state index in [1.807, 2.05) is 20.8 Å². The number of furan rings is 1. The van der Waals surface area contributed by atoms with Crippen molar-refractivity contribution in [1.29, 1.82) is 0 Å². The summed E-state index contributed by atoms with van der Waals surface area (Å²) in [5.74, 6) is 0.578. The number of sulfonamides is 1. The Labute approximate surface area is 127 Å². The van der Waals surface area contributed by atoms with E-state index in [0.29, 0.717) is 25.1 Å². The third kappa shape index (κ3) is 7.08. The van der Waals surface area contributed by atoms with E-state index >= 15 is 0 Å². The number of hydrogen-bond acceptors (Lipinski definition) is 5. The van der Waals surface area contributed by atoms with Crippen molar-refractivity contribution in [2.75, 3.05) is 6.54 Å². The molecule has 0 fully saturated rings. The summed E-state index contributed by atoms with van der Waals surface area (Å²) in [6, 6.07) is 3.11. The molecule has 0 spiro atoms. The molecular weight excluding hydrogens is 292 g/mol. The zero-order valence-corrected chi connectivity index (χ0v) is 14.0. The summed E-state index contributed by atoms with van der Waals surface area (Å²) < 4.78 is 31.8. The smallest absolute Gasteiger partial charge is 0.273 e. The Morgan fingerprint density at radius 2 is 2.00 bits per heavy atom. The van der Waals surface area contributed by atoms with Crippen LogP contribution < -0.4 is 10.0 Å². The van der Waals surface area contributed by atoms with Gasteiger partial charge >= 0.3 is 0 Å². The van der Waals surface area contributed by atoms with Gasteiger partial charge in [0.25, 0.3) is 10.0 Å². The van der Waals surface area contributed by atoms with E-state index < -0.39 is 16.1 Å². The Morgan fingerprint density at radius 3 is 2.57 bits per heavy atom. The van der Waals surface area contributed by atoms with Crippen LogP contribution in [-0.4, -0.2) is 31.7 Å². The molecule has 0 radical (unpaired) electrons. The maximum Gasteiger partial charge on any atom is 0.273 e. The SMILES string of the molecule is CC(O)CCCNS(=O)(=O)c1ccc(CNC(C)(C)C)o1. The minimum Gasteiger partial charge on any atom is -0.447 e. The van der Waals surface area contributed by atoms with Gasteiger partial charge in [-0.1, -0.05) is 0 Å². The minimum absolute atomic E-state index is 0.0644. The van der Waals surface area contributed by atoms with Gasteiger partial charge in [0.2, 0.25) is 5.09 Å². The van der Waals surface area contributed by atoms with Crippen LogP contribution >= 0.6 is 0 Å². The highest BCUT2D eigenvalue weighted by molar-refractivity contribution is 7.89. The molecule has 1 aromatic heterocycles. The molecule has 0 aromatic carbocycles. The largest absolute Gasteiger partial charge is 0.447 e. The molecule has 1 unspecified atom stereocenters. The maximum absolute atomic E-state index is 12.0. The fourth-order valence-electron chi connectivity index (χ4n) is 1.63. The van der Waals surface area contributed by atoms with Crippen molar-refractivity contribution in [2.45, 2.75) is 63.8 Å². The first-order valence-electron chi connectivity index (χ1n) is 7.11. The molecule has 1 rings (SSSR count). The van der Waals surface area contributed by atoms with E-state index in [9.17, 15) is 8.42 Å². The van der Waals surface area contributed by atoms with E-state index in [1.54, 1.807) is 13.0 Å². The first kappa shape index (κ1) is 18.2. The lowest BCUT2D eigenvalue weighted by Gasteiger charge is -2.19. The topological polar surface area (TPSA) is 91.6 Å². The molecule has 0 aliphatic heterocycles. The summed E-state index contributed by atoms with van der Waals surface area (Å²) in [6.45, 7) is 8.51. The molecule has 0 aliphatic rings. The lowest BCUT2D eigenvalue weighted by molar-refractivity contribution is 0.182. The van der Waals surface area contributed by atoms with E-state index in [-0.39, 0.29) is 17.2 Å². The molecule has 0 aliphatic carbocycles. The van der Waals surface area contributed by atoms with Gasteiger partial charge in [-0.25, -0.2) is 13.1 Å². The van der Waals surface area contributed by atoms with Crippen molar-refractivity contribution >= 4 is 10.0 Å². The Kier molecular flexibility index (Phi) is 6.40. The molecule has 0 saturated heterocycles. The molecule has 6 nitrogen and oxygen atoms in total. The van der Waals surface area contributed by atoms with Gasteiger partial charge in [0.1, 0.15) is 5.76 Å². The van der Waals surface area contributed by atoms with Crippen molar-refractivity contribution in [1.82, 2.24) is 10.0 Å². The van der Waals surface area contributed by atoms with Crippen LogP contribution in [-0.2, 0) is 16.6 Å². The molecule has 0 amide bonds. The lowest BCUT2D eigenvalue weighted by Crippen LogP contribution is -2.34. The van der Waals surface area contributed by atoms with E-state index in [2.05, 4.69) is 10.0 Å². The van der Waals surface area contributed by atoms with Crippen molar-refractivity contribution in [3.05, 3.63) is 17.9 Å². The van der Waals surface area contributed by atoms with Crippen molar-refractivity contribution in [3.63, 3.8) is 0 Å². The summed E-state index contributed by atoms with van der Waals surface area (Å²) in [7, 11) is -3.62. The van der Waals surface area contributed by atoms with Crippen LogP contribution in [0.15, 0.2) is 21.6 Å². The number of aliphatic hydroxyl groups excluding tert-OH is 1. The summed E-state index contributed by atoms with van der Waals surface area (Å²) in [4.78, 5) is 0. The average Bonchev–Trinajstić information content (AvgIpc) is 2.81. The van der Waals surface area contributed by atoms with Gasteiger partial charge in [0, 0.05) is 12.1 Å². The Morgan fingerprint density at radius 1 is 1.33 bits per heavy atom. The highest BCUT2D eigenvalue weighted by Gasteiger charge is 2.19. The van der Waals surface area contributed by atoms with Crippen LogP contribution in [0.5, 0.6) is 0 Å². The van der Waals surface area contributed by atoms with Gasteiger partial charge in [-0.2, -0.15) is 0 Å². The average molecular weight is 318 g/mol. The standard InChI is InChI=1S/C14H26N2O4S/c1-11(17)6-5-9-16-21(18,19)13-8-7-12(20-13)10-15-14(2,3)4/h7-8,11,15-17H,5-6,9-10H2,1-4H3. The van der Waals surface area contributed by atoms with Crippen LogP contribution in [0.25, 0.3) is 0 Å². The predicted molar refractivity (Wildman–Crippen MR) is 81.4 cm³/mol. The molecule has 1 aromatic rings. The first-order chi connectivity index (χ1) is 9.60. The highest BCUT2D eigenvalue weighted by atomic mass is 32.2. The number of rotatable bonds is 8. The fraction of sp³-hybridized carbons (Fsp3) is 0.714. The van der Waals surface area contributed by atoms with Crippen LogP contribution in [0.3, 0.4) is 0 Å². The third-order valence-electron chi connectivity index (χ3n) is 2.79. The number of nitrogens with one attached hydrogen (secondary N) is 2. The van der Waals surface area contributed by atoms with Gasteiger partial charge in [-0.15, -0.1) is 0 Å². The van der Waals surface area contributed by atoms with E-state index in [4.69, 9.17) is 9.52 Å². The zero-order chi connectivity index (χ0) is 16.1. The van der Waals surface area contributed by atoms with Crippen molar-refractivity contribution < 1.29 is 17.9 Å². The van der Waals surface area contributed by atoms with Gasteiger partial charge in [0.15, 0.2) is 0 Å². The second kappa shape index (κ2) is 7.40. The molecule has 7 heteroatoms. The number of aliphatic hydroxyl groups is 1. The fourth-order valence-corrected chi connectivity index (χ4v) is 2.64. The summed E-state index contributed by atoms with van der Waals surface area (Å²) in [6.07, 6.45) is 0.713. The van der Waals surface area contributed by atoms with Crippen LogP contribution in [0.2, 0.25) is 0 Å². The maximum atomic E-state index is 12.0. The predicted octanol–water partition coefficient (Wildman–Crippen LogP) is 1.61. The highest BCUT2D eigenvalue weighted by Crippen LogP contribution is 2.14. The molecule has 1 atom stereocenters. The zero-order valence-electron chi connectivity index (χ0n) is 13.1. The second-order valence-corrected chi connectivity index (χ2v) is 7.91. The Balaban J connectivity index is 2.54. The van der Waals surface area contributed by atoms with Gasteiger partial charge in [-0.05, 0) is 52.7 Å². The molecule has 3 N–H and O–H groups in total. The van der Waals surface area contributed by atoms with Gasteiger partial charge < -0.3 is 14.8 Å². The second-order valence-electron chi connectivity index (χ2n) is 6.21. The lowest BCUT2D eigenvalue weighted by atomic mass is 10.1. The quantitative estimate of drug-likeness (QED) is 0.633. The number of hydrogen-bond donors (Lipinski definition) is 3. The Bertz CT molecular complexity index is 529. The molecule has 21 heavy (non-hydrogen) atoms. The summed E-state index contributed by atoms with van der Waals surface area (Å²) >= 11 is 0. The van der Waals surface area contributed by atoms with Crippen LogP contribution in [0.1, 0.15) is 46.3 Å². The third-order valence-corrected chi connectivity index (χ3v) is 4.12. The van der Waals surface area contributed by atoms with E-state index in [0.717, 1.165) is 0 Å². The minimum atomic E-state index is -3.62. The summed E-state index contributed by atoms with van der Waals surface area (Å²) in [5, 5.41) is 12.3. The van der Waals surface area contributed by atoms with Crippen LogP contribution in [0.4, 0.5) is 0 Å². The molecule has 122 valence electrons. The molecule has 0 saturated carbocycles. The van der Waals surface area contributed by atoms with Crippen LogP contribution in [0, 0.1) is 0 Å².